The smallest absolute Gasteiger partial charge is 0.323 e. The summed E-state index contributed by atoms with van der Waals surface area (Å²) in [4.78, 5) is 4.32. The molecule has 0 aliphatic carbocycles. The predicted molar refractivity (Wildman–Crippen MR) is 44.5 cm³/mol. The van der Waals surface area contributed by atoms with E-state index < -0.39 is 12.6 Å². The van der Waals surface area contributed by atoms with Gasteiger partial charge in [0.2, 0.25) is 0 Å². The quantitative estimate of drug-likeness (QED) is 0.813. The third-order valence-corrected chi connectivity index (χ3v) is 2.57. The van der Waals surface area contributed by atoms with Crippen LogP contribution in [0.2, 0.25) is 0 Å². The highest BCUT2D eigenvalue weighted by Gasteiger charge is 2.29. The molecule has 1 aromatic rings. The molecular weight excluding hydrogens is 201 g/mol. The lowest BCUT2D eigenvalue weighted by molar-refractivity contribution is -0.127. The zero-order valence-corrected chi connectivity index (χ0v) is 7.75. The van der Waals surface area contributed by atoms with Crippen molar-refractivity contribution in [3.63, 3.8) is 0 Å². The predicted octanol–water partition coefficient (Wildman–Crippen LogP) is 2.27. The van der Waals surface area contributed by atoms with Crippen LogP contribution >= 0.6 is 11.3 Å². The van der Waals surface area contributed by atoms with Gasteiger partial charge in [-0.3, -0.25) is 0 Å². The molecule has 0 fully saturated rings. The first kappa shape index (κ1) is 10.5. The maximum absolute atomic E-state index is 11.9. The van der Waals surface area contributed by atoms with Crippen molar-refractivity contribution in [3.05, 3.63) is 16.1 Å². The molecule has 1 atom stereocenters. The van der Waals surface area contributed by atoms with E-state index >= 15 is 0 Å². The zero-order valence-electron chi connectivity index (χ0n) is 6.93. The maximum atomic E-state index is 11.9. The van der Waals surface area contributed by atoms with E-state index in [-0.39, 0.29) is 11.0 Å². The van der Waals surface area contributed by atoms with E-state index in [4.69, 9.17) is 5.73 Å². The van der Waals surface area contributed by atoms with Crippen molar-refractivity contribution in [3.8, 4) is 0 Å². The highest BCUT2D eigenvalue weighted by Crippen LogP contribution is 2.26. The lowest BCUT2D eigenvalue weighted by Crippen LogP contribution is -2.10. The third kappa shape index (κ3) is 3.31. The molecule has 0 spiro atoms. The number of alkyl halides is 3. The number of aromatic nitrogens is 1. The van der Waals surface area contributed by atoms with E-state index in [0.29, 0.717) is 4.88 Å². The molecule has 0 aliphatic rings. The number of hydrogen-bond acceptors (Lipinski definition) is 3. The van der Waals surface area contributed by atoms with Crippen molar-refractivity contribution in [2.24, 2.45) is 5.73 Å². The molecule has 13 heavy (non-hydrogen) atoms. The van der Waals surface area contributed by atoms with E-state index in [1.807, 2.05) is 0 Å². The molecule has 2 N–H and O–H groups in total. The molecule has 0 radical (unpaired) electrons. The van der Waals surface area contributed by atoms with Crippen LogP contribution in [0.5, 0.6) is 0 Å². The summed E-state index contributed by atoms with van der Waals surface area (Å²) in [5.41, 5.74) is 5.48. The van der Waals surface area contributed by atoms with Crippen LogP contribution in [0.4, 0.5) is 13.2 Å². The Labute approximate surface area is 77.6 Å². The fourth-order valence-corrected chi connectivity index (χ4v) is 1.69. The highest BCUT2D eigenvalue weighted by molar-refractivity contribution is 7.11. The molecule has 1 unspecified atom stereocenters. The molecule has 0 saturated heterocycles. The Balaban J connectivity index is 2.70. The maximum Gasteiger partial charge on any atom is 0.395 e. The van der Waals surface area contributed by atoms with Gasteiger partial charge in [-0.25, -0.2) is 4.98 Å². The second-order valence-corrected chi connectivity index (χ2v) is 3.88. The summed E-state index contributed by atoms with van der Waals surface area (Å²) in [6.45, 7) is 1.71. The SMILES string of the molecule is CC(N)c1cnc(CC(F)(F)F)s1. The monoisotopic (exact) mass is 210 g/mol. The van der Waals surface area contributed by atoms with Gasteiger partial charge in [-0.15, -0.1) is 11.3 Å². The minimum Gasteiger partial charge on any atom is -0.323 e. The average molecular weight is 210 g/mol. The van der Waals surface area contributed by atoms with Crippen molar-refractivity contribution in [2.45, 2.75) is 25.6 Å². The van der Waals surface area contributed by atoms with Gasteiger partial charge in [0, 0.05) is 17.1 Å². The largest absolute Gasteiger partial charge is 0.395 e. The van der Waals surface area contributed by atoms with Crippen LogP contribution in [0.25, 0.3) is 0 Å². The summed E-state index contributed by atoms with van der Waals surface area (Å²) >= 11 is 1.01. The van der Waals surface area contributed by atoms with Crippen LogP contribution in [0.15, 0.2) is 6.20 Å². The summed E-state index contributed by atoms with van der Waals surface area (Å²) in [6, 6.07) is -0.250. The van der Waals surface area contributed by atoms with E-state index in [1.54, 1.807) is 6.92 Å². The van der Waals surface area contributed by atoms with Crippen LogP contribution in [0.1, 0.15) is 22.9 Å². The number of rotatable bonds is 2. The summed E-state index contributed by atoms with van der Waals surface area (Å²) < 4.78 is 35.7. The molecule has 1 heterocycles. The van der Waals surface area contributed by atoms with Crippen molar-refractivity contribution >= 4 is 11.3 Å². The fraction of sp³-hybridized carbons (Fsp3) is 0.571. The van der Waals surface area contributed by atoms with Gasteiger partial charge in [0.05, 0.1) is 6.42 Å². The minimum atomic E-state index is -4.19. The summed E-state index contributed by atoms with van der Waals surface area (Å²) in [6.07, 6.45) is -3.76. The van der Waals surface area contributed by atoms with E-state index in [1.165, 1.54) is 6.20 Å². The molecular formula is C7H9F3N2S. The lowest BCUT2D eigenvalue weighted by Gasteiger charge is -2.01. The van der Waals surface area contributed by atoms with Gasteiger partial charge in [0.25, 0.3) is 0 Å². The molecule has 1 rings (SSSR count). The van der Waals surface area contributed by atoms with Gasteiger partial charge < -0.3 is 5.73 Å². The van der Waals surface area contributed by atoms with Gasteiger partial charge in [0.1, 0.15) is 5.01 Å². The van der Waals surface area contributed by atoms with Crippen LogP contribution in [0.3, 0.4) is 0 Å². The Morgan fingerprint density at radius 2 is 2.23 bits per heavy atom. The normalized spacial score (nSPS) is 14.5. The number of halogens is 3. The minimum absolute atomic E-state index is 0.0693. The van der Waals surface area contributed by atoms with Gasteiger partial charge in [0.15, 0.2) is 0 Å². The van der Waals surface area contributed by atoms with E-state index in [2.05, 4.69) is 4.98 Å². The summed E-state index contributed by atoms with van der Waals surface area (Å²) in [5, 5.41) is 0.0693. The van der Waals surface area contributed by atoms with E-state index in [0.717, 1.165) is 11.3 Å². The Morgan fingerprint density at radius 3 is 2.62 bits per heavy atom. The van der Waals surface area contributed by atoms with E-state index in [9.17, 15) is 13.2 Å². The topological polar surface area (TPSA) is 38.9 Å². The number of thiazole rings is 1. The first-order valence-corrected chi connectivity index (χ1v) is 4.47. The molecule has 1 aromatic heterocycles. The van der Waals surface area contributed by atoms with Crippen LogP contribution in [0, 0.1) is 0 Å². The lowest BCUT2D eigenvalue weighted by atomic mass is 10.3. The van der Waals surface area contributed by atoms with Crippen LogP contribution < -0.4 is 5.73 Å². The Hall–Kier alpha value is -0.620. The second-order valence-electron chi connectivity index (χ2n) is 2.74. The molecule has 2 nitrogen and oxygen atoms in total. The zero-order chi connectivity index (χ0) is 10.1. The molecule has 74 valence electrons. The first-order valence-electron chi connectivity index (χ1n) is 3.65. The highest BCUT2D eigenvalue weighted by atomic mass is 32.1. The molecule has 0 saturated carbocycles. The molecule has 0 aliphatic heterocycles. The van der Waals surface area contributed by atoms with Crippen molar-refractivity contribution in [1.29, 1.82) is 0 Å². The number of nitrogens with zero attached hydrogens (tertiary/aromatic N) is 1. The fourth-order valence-electron chi connectivity index (χ4n) is 0.788. The van der Waals surface area contributed by atoms with Gasteiger partial charge in [-0.1, -0.05) is 0 Å². The van der Waals surface area contributed by atoms with Crippen molar-refractivity contribution in [1.82, 2.24) is 4.98 Å². The van der Waals surface area contributed by atoms with Crippen LogP contribution in [-0.4, -0.2) is 11.2 Å². The van der Waals surface area contributed by atoms with Crippen molar-refractivity contribution in [2.75, 3.05) is 0 Å². The average Bonchev–Trinajstić information content (AvgIpc) is 2.31. The Kier molecular flexibility index (Phi) is 2.92. The number of nitrogens with two attached hydrogens (primary N) is 1. The first-order chi connectivity index (χ1) is 5.88. The molecule has 0 amide bonds. The Bertz CT molecular complexity index is 280. The molecule has 0 bridgehead atoms. The standard InChI is InChI=1S/C7H9F3N2S/c1-4(11)5-3-12-6(13-5)2-7(8,9)10/h3-4H,2,11H2,1H3. The van der Waals surface area contributed by atoms with Gasteiger partial charge >= 0.3 is 6.18 Å². The molecule has 0 aromatic carbocycles. The third-order valence-electron chi connectivity index (χ3n) is 1.37. The molecule has 6 heteroatoms. The van der Waals surface area contributed by atoms with Gasteiger partial charge in [-0.05, 0) is 6.92 Å². The second kappa shape index (κ2) is 3.63. The number of hydrogen-bond donors (Lipinski definition) is 1. The summed E-state index contributed by atoms with van der Waals surface area (Å²) in [7, 11) is 0. The van der Waals surface area contributed by atoms with Crippen molar-refractivity contribution < 1.29 is 13.2 Å². The van der Waals surface area contributed by atoms with Gasteiger partial charge in [-0.2, -0.15) is 13.2 Å². The summed E-state index contributed by atoms with van der Waals surface area (Å²) in [5.74, 6) is 0. The van der Waals surface area contributed by atoms with Crippen LogP contribution in [-0.2, 0) is 6.42 Å². The Morgan fingerprint density at radius 1 is 1.62 bits per heavy atom.